The highest BCUT2D eigenvalue weighted by atomic mass is 14.4. The summed E-state index contributed by atoms with van der Waals surface area (Å²) in [6.45, 7) is 22.7. The van der Waals surface area contributed by atoms with Crippen molar-refractivity contribution in [3.63, 3.8) is 0 Å². The maximum absolute atomic E-state index is 4.35. The zero-order valence-corrected chi connectivity index (χ0v) is 16.1. The molecule has 1 fully saturated rings. The van der Waals surface area contributed by atoms with E-state index in [0.717, 1.165) is 30.1 Å². The Balaban J connectivity index is 2.86. The fourth-order valence-electron chi connectivity index (χ4n) is 5.41. The topological polar surface area (TPSA) is 0 Å². The van der Waals surface area contributed by atoms with Crippen LogP contribution in [0.4, 0.5) is 0 Å². The van der Waals surface area contributed by atoms with Gasteiger partial charge in [0.25, 0.3) is 0 Å². The molecule has 0 aromatic carbocycles. The van der Waals surface area contributed by atoms with Crippen LogP contribution >= 0.6 is 0 Å². The van der Waals surface area contributed by atoms with Crippen LogP contribution in [-0.2, 0) is 0 Å². The first-order valence-electron chi connectivity index (χ1n) is 9.59. The highest BCUT2D eigenvalue weighted by Crippen LogP contribution is 2.46. The van der Waals surface area contributed by atoms with E-state index in [1.54, 1.807) is 0 Å². The summed E-state index contributed by atoms with van der Waals surface area (Å²) in [6.07, 6.45) is 8.21. The first kappa shape index (κ1) is 19.5. The Labute approximate surface area is 140 Å². The van der Waals surface area contributed by atoms with Gasteiger partial charge in [-0.15, -0.1) is 6.58 Å². The first-order chi connectivity index (χ1) is 10.3. The Morgan fingerprint density at radius 3 is 2.27 bits per heavy atom. The second-order valence-electron chi connectivity index (χ2n) is 8.37. The molecule has 0 nitrogen and oxygen atoms in total. The minimum atomic E-state index is 0.643. The van der Waals surface area contributed by atoms with Crippen LogP contribution < -0.4 is 0 Å². The van der Waals surface area contributed by atoms with E-state index in [0.29, 0.717) is 11.8 Å². The fourth-order valence-corrected chi connectivity index (χ4v) is 5.41. The van der Waals surface area contributed by atoms with Crippen molar-refractivity contribution in [3.8, 4) is 0 Å². The summed E-state index contributed by atoms with van der Waals surface area (Å²) in [4.78, 5) is 0. The van der Waals surface area contributed by atoms with Crippen LogP contribution in [0.15, 0.2) is 24.3 Å². The molecule has 0 bridgehead atoms. The van der Waals surface area contributed by atoms with Crippen molar-refractivity contribution in [2.45, 2.75) is 80.1 Å². The quantitative estimate of drug-likeness (QED) is 0.414. The van der Waals surface area contributed by atoms with Gasteiger partial charge in [-0.1, -0.05) is 71.1 Å². The molecule has 1 rings (SSSR count). The second-order valence-corrected chi connectivity index (χ2v) is 8.37. The van der Waals surface area contributed by atoms with Gasteiger partial charge in [0.1, 0.15) is 0 Å². The minimum Gasteiger partial charge on any atom is -0.100 e. The Hall–Kier alpha value is -0.520. The lowest BCUT2D eigenvalue weighted by molar-refractivity contribution is 0.0791. The van der Waals surface area contributed by atoms with Crippen LogP contribution in [-0.4, -0.2) is 0 Å². The lowest BCUT2D eigenvalue weighted by atomic mass is 9.62. The van der Waals surface area contributed by atoms with Crippen LogP contribution in [0, 0.1) is 35.5 Å². The van der Waals surface area contributed by atoms with Gasteiger partial charge in [-0.3, -0.25) is 0 Å². The lowest BCUT2D eigenvalue weighted by Gasteiger charge is -2.44. The molecule has 0 spiro atoms. The molecule has 1 saturated carbocycles. The molecule has 6 unspecified atom stereocenters. The molecule has 0 saturated heterocycles. The van der Waals surface area contributed by atoms with Crippen LogP contribution in [0.5, 0.6) is 0 Å². The third kappa shape index (κ3) is 5.00. The smallest absolute Gasteiger partial charge is 0.0151 e. The van der Waals surface area contributed by atoms with E-state index >= 15 is 0 Å². The van der Waals surface area contributed by atoms with Crippen molar-refractivity contribution < 1.29 is 0 Å². The number of rotatable bonds is 8. The average Bonchev–Trinajstić information content (AvgIpc) is 2.40. The largest absolute Gasteiger partial charge is 0.100 e. The summed E-state index contributed by atoms with van der Waals surface area (Å²) < 4.78 is 0. The molecule has 0 heterocycles. The van der Waals surface area contributed by atoms with Gasteiger partial charge >= 0.3 is 0 Å². The molecule has 1 aliphatic carbocycles. The highest BCUT2D eigenvalue weighted by molar-refractivity contribution is 5.05. The summed E-state index contributed by atoms with van der Waals surface area (Å²) in [5.74, 6) is 4.77. The van der Waals surface area contributed by atoms with Gasteiger partial charge < -0.3 is 0 Å². The number of allylic oxidation sites excluding steroid dienone is 2. The van der Waals surface area contributed by atoms with Crippen molar-refractivity contribution in [3.05, 3.63) is 24.3 Å². The Kier molecular flexibility index (Phi) is 7.94. The van der Waals surface area contributed by atoms with Crippen LogP contribution in [0.3, 0.4) is 0 Å². The molecule has 22 heavy (non-hydrogen) atoms. The third-order valence-corrected chi connectivity index (χ3v) is 6.29. The summed E-state index contributed by atoms with van der Waals surface area (Å²) in [7, 11) is 0. The van der Waals surface area contributed by atoms with Gasteiger partial charge in [-0.05, 0) is 62.2 Å². The van der Waals surface area contributed by atoms with E-state index in [4.69, 9.17) is 0 Å². The molecule has 1 aliphatic rings. The first-order valence-corrected chi connectivity index (χ1v) is 9.59. The van der Waals surface area contributed by atoms with E-state index in [2.05, 4.69) is 54.7 Å². The average molecular weight is 305 g/mol. The Morgan fingerprint density at radius 2 is 1.77 bits per heavy atom. The van der Waals surface area contributed by atoms with Crippen molar-refractivity contribution in [1.82, 2.24) is 0 Å². The Bertz CT molecular complexity index is 362. The summed E-state index contributed by atoms with van der Waals surface area (Å²) in [5, 5.41) is 0. The van der Waals surface area contributed by atoms with E-state index in [-0.39, 0.29) is 0 Å². The van der Waals surface area contributed by atoms with E-state index in [9.17, 15) is 0 Å². The molecule has 0 radical (unpaired) electrons. The van der Waals surface area contributed by atoms with Crippen molar-refractivity contribution >= 4 is 0 Å². The normalized spacial score (nSPS) is 29.6. The summed E-state index contributed by atoms with van der Waals surface area (Å²) in [5.41, 5.74) is 2.69. The SMILES string of the molecule is C=C(C)CC(C)C(C(=C)C)C(C)C1CCCC(CCC)C1C. The molecule has 128 valence electrons. The van der Waals surface area contributed by atoms with Crippen LogP contribution in [0.1, 0.15) is 80.1 Å². The zero-order valence-electron chi connectivity index (χ0n) is 16.1. The molecular weight excluding hydrogens is 264 g/mol. The molecule has 0 heteroatoms. The van der Waals surface area contributed by atoms with E-state index < -0.39 is 0 Å². The zero-order chi connectivity index (χ0) is 16.9. The van der Waals surface area contributed by atoms with Crippen molar-refractivity contribution in [1.29, 1.82) is 0 Å². The van der Waals surface area contributed by atoms with Gasteiger partial charge in [0.05, 0.1) is 0 Å². The summed E-state index contributed by atoms with van der Waals surface area (Å²) >= 11 is 0. The van der Waals surface area contributed by atoms with Crippen molar-refractivity contribution in [2.24, 2.45) is 35.5 Å². The van der Waals surface area contributed by atoms with Gasteiger partial charge in [0.15, 0.2) is 0 Å². The molecule has 0 aliphatic heterocycles. The van der Waals surface area contributed by atoms with Crippen LogP contribution in [0.25, 0.3) is 0 Å². The minimum absolute atomic E-state index is 0.643. The lowest BCUT2D eigenvalue weighted by Crippen LogP contribution is -2.35. The summed E-state index contributed by atoms with van der Waals surface area (Å²) in [6, 6.07) is 0. The van der Waals surface area contributed by atoms with E-state index in [1.165, 1.54) is 43.3 Å². The van der Waals surface area contributed by atoms with Gasteiger partial charge in [-0.2, -0.15) is 0 Å². The maximum atomic E-state index is 4.35. The molecule has 0 amide bonds. The monoisotopic (exact) mass is 304 g/mol. The van der Waals surface area contributed by atoms with Crippen molar-refractivity contribution in [2.75, 3.05) is 0 Å². The molecule has 0 N–H and O–H groups in total. The molecule has 6 atom stereocenters. The van der Waals surface area contributed by atoms with E-state index in [1.807, 2.05) is 0 Å². The third-order valence-electron chi connectivity index (χ3n) is 6.29. The van der Waals surface area contributed by atoms with Crippen LogP contribution in [0.2, 0.25) is 0 Å². The standard InChI is InChI=1S/C22H40/c1-9-11-20-12-10-13-21(18(20)7)19(8)22(16(4)5)17(6)14-15(2)3/h17-22H,2,4,9-14H2,1,3,5-8H3. The van der Waals surface area contributed by atoms with Gasteiger partial charge in [0.2, 0.25) is 0 Å². The van der Waals surface area contributed by atoms with Gasteiger partial charge in [0, 0.05) is 0 Å². The predicted molar refractivity (Wildman–Crippen MR) is 101 cm³/mol. The number of hydrogen-bond donors (Lipinski definition) is 0. The molecular formula is C22H40. The fraction of sp³-hybridized carbons (Fsp3) is 0.818. The second kappa shape index (κ2) is 8.94. The highest BCUT2D eigenvalue weighted by Gasteiger charge is 2.37. The maximum Gasteiger partial charge on any atom is -0.0151 e. The predicted octanol–water partition coefficient (Wildman–Crippen LogP) is 7.27. The van der Waals surface area contributed by atoms with Gasteiger partial charge in [-0.25, -0.2) is 0 Å². The number of hydrogen-bond acceptors (Lipinski definition) is 0. The molecule has 0 aromatic rings. The Morgan fingerprint density at radius 1 is 1.14 bits per heavy atom. The molecule has 0 aromatic heterocycles.